The van der Waals surface area contributed by atoms with Gasteiger partial charge in [0.05, 0.1) is 10.9 Å². The number of carbonyl (C=O) groups is 3. The number of para-hydroxylation sites is 1. The highest BCUT2D eigenvalue weighted by Gasteiger charge is 2.41. The lowest BCUT2D eigenvalue weighted by Crippen LogP contribution is -2.32. The van der Waals surface area contributed by atoms with Gasteiger partial charge in [0.15, 0.2) is 0 Å². The zero-order chi connectivity index (χ0) is 14.9. The van der Waals surface area contributed by atoms with Gasteiger partial charge in [0, 0.05) is 10.9 Å². The van der Waals surface area contributed by atoms with Gasteiger partial charge in [-0.3, -0.25) is 14.4 Å². The SMILES string of the molecule is CC(SC1CC(=O)N(c2ccccc2Br)C1=O)C(=O)O. The molecule has 1 saturated heterocycles. The summed E-state index contributed by atoms with van der Waals surface area (Å²) in [7, 11) is 0. The van der Waals surface area contributed by atoms with E-state index in [0.29, 0.717) is 10.2 Å². The number of thioether (sulfide) groups is 1. The van der Waals surface area contributed by atoms with E-state index in [4.69, 9.17) is 5.11 Å². The normalized spacial score (nSPS) is 20.3. The van der Waals surface area contributed by atoms with E-state index in [1.165, 1.54) is 6.92 Å². The second kappa shape index (κ2) is 5.97. The first-order chi connectivity index (χ1) is 9.41. The number of anilines is 1. The van der Waals surface area contributed by atoms with Gasteiger partial charge in [0.1, 0.15) is 5.25 Å². The highest BCUT2D eigenvalue weighted by Crippen LogP contribution is 2.35. The van der Waals surface area contributed by atoms with Gasteiger partial charge in [0.25, 0.3) is 0 Å². The molecular formula is C13H12BrNO4S. The number of nitrogens with zero attached hydrogens (tertiary/aromatic N) is 1. The predicted molar refractivity (Wildman–Crippen MR) is 79.7 cm³/mol. The number of carboxylic acid groups (broad SMARTS) is 1. The Morgan fingerprint density at radius 3 is 2.70 bits per heavy atom. The summed E-state index contributed by atoms with van der Waals surface area (Å²) in [5.41, 5.74) is 0.494. The number of hydrogen-bond acceptors (Lipinski definition) is 4. The molecule has 1 aliphatic heterocycles. The first-order valence-corrected chi connectivity index (χ1v) is 7.65. The molecule has 5 nitrogen and oxygen atoms in total. The van der Waals surface area contributed by atoms with Gasteiger partial charge in [0.2, 0.25) is 11.8 Å². The highest BCUT2D eigenvalue weighted by atomic mass is 79.9. The van der Waals surface area contributed by atoms with Gasteiger partial charge in [-0.15, -0.1) is 11.8 Å². The number of carboxylic acids is 1. The summed E-state index contributed by atoms with van der Waals surface area (Å²) < 4.78 is 0.652. The van der Waals surface area contributed by atoms with Gasteiger partial charge in [-0.1, -0.05) is 12.1 Å². The van der Waals surface area contributed by atoms with Crippen molar-refractivity contribution in [2.75, 3.05) is 4.90 Å². The smallest absolute Gasteiger partial charge is 0.316 e. The summed E-state index contributed by atoms with van der Waals surface area (Å²) in [6.45, 7) is 1.51. The fraction of sp³-hybridized carbons (Fsp3) is 0.308. The fourth-order valence-electron chi connectivity index (χ4n) is 1.90. The van der Waals surface area contributed by atoms with Gasteiger partial charge in [-0.05, 0) is 35.0 Å². The zero-order valence-electron chi connectivity index (χ0n) is 10.6. The third-order valence-electron chi connectivity index (χ3n) is 2.91. The molecule has 0 radical (unpaired) electrons. The molecule has 0 aromatic heterocycles. The third-order valence-corrected chi connectivity index (χ3v) is 4.89. The lowest BCUT2D eigenvalue weighted by molar-refractivity contribution is -0.136. The van der Waals surface area contributed by atoms with E-state index in [9.17, 15) is 14.4 Å². The van der Waals surface area contributed by atoms with Crippen LogP contribution in [-0.4, -0.2) is 33.4 Å². The van der Waals surface area contributed by atoms with Crippen molar-refractivity contribution < 1.29 is 19.5 Å². The molecule has 2 amide bonds. The first kappa shape index (κ1) is 15.1. The van der Waals surface area contributed by atoms with E-state index in [1.54, 1.807) is 24.3 Å². The van der Waals surface area contributed by atoms with Crippen LogP contribution in [0.1, 0.15) is 13.3 Å². The summed E-state index contributed by atoms with van der Waals surface area (Å²) in [6.07, 6.45) is 0.0302. The number of rotatable bonds is 4. The van der Waals surface area contributed by atoms with Gasteiger partial charge >= 0.3 is 5.97 Å². The van der Waals surface area contributed by atoms with Crippen LogP contribution in [0.15, 0.2) is 28.7 Å². The lowest BCUT2D eigenvalue weighted by atomic mass is 10.3. The van der Waals surface area contributed by atoms with Crippen molar-refractivity contribution in [3.63, 3.8) is 0 Å². The number of hydrogen-bond donors (Lipinski definition) is 1. The maximum atomic E-state index is 12.3. The minimum atomic E-state index is -0.991. The minimum absolute atomic E-state index is 0.0302. The molecule has 0 spiro atoms. The van der Waals surface area contributed by atoms with Crippen molar-refractivity contribution in [2.45, 2.75) is 23.8 Å². The Balaban J connectivity index is 2.22. The van der Waals surface area contributed by atoms with Crippen molar-refractivity contribution in [1.29, 1.82) is 0 Å². The maximum absolute atomic E-state index is 12.3. The van der Waals surface area contributed by atoms with Crippen LogP contribution in [0, 0.1) is 0 Å². The molecule has 1 aliphatic rings. The van der Waals surface area contributed by atoms with Gasteiger partial charge < -0.3 is 5.11 Å². The van der Waals surface area contributed by atoms with E-state index in [0.717, 1.165) is 16.7 Å². The molecule has 2 rings (SSSR count). The number of aliphatic carboxylic acids is 1. The summed E-state index contributed by atoms with van der Waals surface area (Å²) in [6, 6.07) is 6.95. The fourth-order valence-corrected chi connectivity index (χ4v) is 3.43. The van der Waals surface area contributed by atoms with Crippen molar-refractivity contribution in [3.8, 4) is 0 Å². The summed E-state index contributed by atoms with van der Waals surface area (Å²) in [5.74, 6) is -1.66. The van der Waals surface area contributed by atoms with Crippen molar-refractivity contribution in [2.24, 2.45) is 0 Å². The largest absolute Gasteiger partial charge is 0.480 e. The predicted octanol–water partition coefficient (Wildman–Crippen LogP) is 2.29. The number of imide groups is 1. The number of carbonyl (C=O) groups excluding carboxylic acids is 2. The summed E-state index contributed by atoms with van der Waals surface area (Å²) in [5, 5.41) is 7.52. The molecule has 1 aromatic carbocycles. The molecule has 0 saturated carbocycles. The number of benzene rings is 1. The second-order valence-electron chi connectivity index (χ2n) is 4.33. The van der Waals surface area contributed by atoms with E-state index in [1.807, 2.05) is 0 Å². The Kier molecular flexibility index (Phi) is 4.49. The molecule has 0 bridgehead atoms. The van der Waals surface area contributed by atoms with Crippen LogP contribution in [0.2, 0.25) is 0 Å². The highest BCUT2D eigenvalue weighted by molar-refractivity contribution is 9.10. The van der Waals surface area contributed by atoms with Crippen LogP contribution >= 0.6 is 27.7 Å². The molecular weight excluding hydrogens is 346 g/mol. The minimum Gasteiger partial charge on any atom is -0.480 e. The van der Waals surface area contributed by atoms with E-state index < -0.39 is 16.5 Å². The van der Waals surface area contributed by atoms with E-state index in [-0.39, 0.29) is 18.2 Å². The maximum Gasteiger partial charge on any atom is 0.316 e. The molecule has 1 aromatic rings. The summed E-state index contributed by atoms with van der Waals surface area (Å²) in [4.78, 5) is 36.3. The Morgan fingerprint density at radius 1 is 1.45 bits per heavy atom. The molecule has 106 valence electrons. The van der Waals surface area contributed by atoms with Gasteiger partial charge in [-0.25, -0.2) is 4.90 Å². The molecule has 7 heteroatoms. The van der Waals surface area contributed by atoms with E-state index >= 15 is 0 Å². The molecule has 1 N–H and O–H groups in total. The van der Waals surface area contributed by atoms with Crippen molar-refractivity contribution in [3.05, 3.63) is 28.7 Å². The number of halogens is 1. The molecule has 2 unspecified atom stereocenters. The molecule has 1 fully saturated rings. The van der Waals surface area contributed by atoms with Crippen LogP contribution in [0.3, 0.4) is 0 Å². The molecule has 0 aliphatic carbocycles. The number of amides is 2. The van der Waals surface area contributed by atoms with Crippen LogP contribution in [0.4, 0.5) is 5.69 Å². The standard InChI is InChI=1S/C13H12BrNO4S/c1-7(13(18)19)20-10-6-11(16)15(12(10)17)9-5-3-2-4-8(9)14/h2-5,7,10H,6H2,1H3,(H,18,19). The monoisotopic (exact) mass is 357 g/mol. The quantitative estimate of drug-likeness (QED) is 0.836. The average molecular weight is 358 g/mol. The van der Waals surface area contributed by atoms with E-state index in [2.05, 4.69) is 15.9 Å². The molecule has 20 heavy (non-hydrogen) atoms. The average Bonchev–Trinajstić information content (AvgIpc) is 2.65. The zero-order valence-corrected chi connectivity index (χ0v) is 13.0. The topological polar surface area (TPSA) is 74.7 Å². The third kappa shape index (κ3) is 2.88. The Labute approximate surface area is 128 Å². The lowest BCUT2D eigenvalue weighted by Gasteiger charge is -2.17. The first-order valence-electron chi connectivity index (χ1n) is 5.91. The van der Waals surface area contributed by atoms with Crippen LogP contribution in [-0.2, 0) is 14.4 Å². The Bertz CT molecular complexity index is 577. The van der Waals surface area contributed by atoms with Crippen LogP contribution < -0.4 is 4.90 Å². The van der Waals surface area contributed by atoms with Crippen LogP contribution in [0.25, 0.3) is 0 Å². The second-order valence-corrected chi connectivity index (χ2v) is 6.73. The Morgan fingerprint density at radius 2 is 2.10 bits per heavy atom. The Hall–Kier alpha value is -1.34. The van der Waals surface area contributed by atoms with Crippen molar-refractivity contribution >= 4 is 51.2 Å². The van der Waals surface area contributed by atoms with Crippen LogP contribution in [0.5, 0.6) is 0 Å². The molecule has 2 atom stereocenters. The van der Waals surface area contributed by atoms with Crippen molar-refractivity contribution in [1.82, 2.24) is 0 Å². The molecule has 1 heterocycles. The summed E-state index contributed by atoms with van der Waals surface area (Å²) >= 11 is 4.31. The van der Waals surface area contributed by atoms with Gasteiger partial charge in [-0.2, -0.15) is 0 Å².